The van der Waals surface area contributed by atoms with Crippen LogP contribution in [0.2, 0.25) is 0 Å². The molecular weight excluding hydrogens is 280 g/mol. The van der Waals surface area contributed by atoms with Crippen LogP contribution < -0.4 is 5.32 Å². The Morgan fingerprint density at radius 3 is 2.61 bits per heavy atom. The average molecular weight is 304 g/mol. The number of nitrogens with one attached hydrogen (secondary N) is 1. The van der Waals surface area contributed by atoms with Gasteiger partial charge >= 0.3 is 0 Å². The molecule has 0 amide bonds. The van der Waals surface area contributed by atoms with E-state index in [0.717, 1.165) is 0 Å². The summed E-state index contributed by atoms with van der Waals surface area (Å²) in [6.45, 7) is 2.27. The van der Waals surface area contributed by atoms with Crippen molar-refractivity contribution in [1.29, 1.82) is 0 Å². The topological polar surface area (TPSA) is 17.0 Å². The summed E-state index contributed by atoms with van der Waals surface area (Å²) in [5.74, 6) is 0. The molecule has 2 aromatic carbocycles. The zero-order valence-corrected chi connectivity index (χ0v) is 13.9. The SMILES string of the molecule is C[C@@H](N[C@@H]1CCCc2c1n(C)c1ccccc21)c1ccccc1. The fraction of sp³-hybridized carbons (Fsp3) is 0.333. The minimum Gasteiger partial charge on any atom is -0.346 e. The minimum atomic E-state index is 0.366. The lowest BCUT2D eigenvalue weighted by molar-refractivity contribution is 0.401. The Balaban J connectivity index is 1.71. The lowest BCUT2D eigenvalue weighted by Crippen LogP contribution is -2.29. The Morgan fingerprint density at radius 2 is 1.78 bits per heavy atom. The summed E-state index contributed by atoms with van der Waals surface area (Å²) >= 11 is 0. The van der Waals surface area contributed by atoms with Gasteiger partial charge in [0.1, 0.15) is 0 Å². The van der Waals surface area contributed by atoms with Gasteiger partial charge < -0.3 is 9.88 Å². The molecule has 2 atom stereocenters. The lowest BCUT2D eigenvalue weighted by atomic mass is 9.90. The highest BCUT2D eigenvalue weighted by Gasteiger charge is 2.27. The quantitative estimate of drug-likeness (QED) is 0.727. The van der Waals surface area contributed by atoms with Crippen LogP contribution in [0.5, 0.6) is 0 Å². The number of nitrogens with zero attached hydrogens (tertiary/aromatic N) is 1. The third-order valence-corrected chi connectivity index (χ3v) is 5.26. The Morgan fingerprint density at radius 1 is 1.04 bits per heavy atom. The molecule has 1 N–H and O–H groups in total. The summed E-state index contributed by atoms with van der Waals surface area (Å²) in [6.07, 6.45) is 3.68. The smallest absolute Gasteiger partial charge is 0.0483 e. The molecular formula is C21H24N2. The van der Waals surface area contributed by atoms with Crippen LogP contribution in [0.25, 0.3) is 10.9 Å². The second kappa shape index (κ2) is 5.86. The van der Waals surface area contributed by atoms with Crippen LogP contribution in [-0.2, 0) is 13.5 Å². The van der Waals surface area contributed by atoms with E-state index in [2.05, 4.69) is 78.5 Å². The molecule has 0 aliphatic heterocycles. The van der Waals surface area contributed by atoms with Crippen molar-refractivity contribution in [2.24, 2.45) is 7.05 Å². The van der Waals surface area contributed by atoms with E-state index < -0.39 is 0 Å². The molecule has 0 saturated heterocycles. The summed E-state index contributed by atoms with van der Waals surface area (Å²) in [5.41, 5.74) is 5.75. The molecule has 4 rings (SSSR count). The Kier molecular flexibility index (Phi) is 3.70. The van der Waals surface area contributed by atoms with Crippen molar-refractivity contribution in [3.8, 4) is 0 Å². The van der Waals surface area contributed by atoms with Crippen LogP contribution in [0.15, 0.2) is 54.6 Å². The minimum absolute atomic E-state index is 0.366. The molecule has 0 fully saturated rings. The maximum Gasteiger partial charge on any atom is 0.0483 e. The van der Waals surface area contributed by atoms with Crippen LogP contribution in [-0.4, -0.2) is 4.57 Å². The third-order valence-electron chi connectivity index (χ3n) is 5.26. The van der Waals surface area contributed by atoms with E-state index in [1.165, 1.54) is 41.4 Å². The number of aromatic nitrogens is 1. The van der Waals surface area contributed by atoms with E-state index in [1.54, 1.807) is 5.56 Å². The molecule has 1 aliphatic rings. The fourth-order valence-electron chi connectivity index (χ4n) is 4.12. The largest absolute Gasteiger partial charge is 0.346 e. The second-order valence-electron chi connectivity index (χ2n) is 6.68. The van der Waals surface area contributed by atoms with Gasteiger partial charge in [0.25, 0.3) is 0 Å². The van der Waals surface area contributed by atoms with E-state index in [9.17, 15) is 0 Å². The van der Waals surface area contributed by atoms with Gasteiger partial charge in [0, 0.05) is 35.7 Å². The number of hydrogen-bond donors (Lipinski definition) is 1. The molecule has 0 radical (unpaired) electrons. The van der Waals surface area contributed by atoms with Crippen LogP contribution in [0.1, 0.15) is 48.7 Å². The second-order valence-corrected chi connectivity index (χ2v) is 6.68. The first-order valence-corrected chi connectivity index (χ1v) is 8.63. The molecule has 0 saturated carbocycles. The van der Waals surface area contributed by atoms with Gasteiger partial charge in [-0.3, -0.25) is 0 Å². The molecule has 0 spiro atoms. The van der Waals surface area contributed by atoms with Crippen molar-refractivity contribution in [2.45, 2.75) is 38.3 Å². The molecule has 23 heavy (non-hydrogen) atoms. The Labute approximate surface area is 138 Å². The molecule has 118 valence electrons. The number of para-hydroxylation sites is 1. The highest BCUT2D eigenvalue weighted by molar-refractivity contribution is 5.86. The van der Waals surface area contributed by atoms with Gasteiger partial charge in [-0.15, -0.1) is 0 Å². The van der Waals surface area contributed by atoms with Gasteiger partial charge in [0.05, 0.1) is 0 Å². The number of aryl methyl sites for hydroxylation is 2. The zero-order valence-electron chi connectivity index (χ0n) is 13.9. The third kappa shape index (κ3) is 2.47. The van der Waals surface area contributed by atoms with Crippen molar-refractivity contribution in [2.75, 3.05) is 0 Å². The summed E-state index contributed by atoms with van der Waals surface area (Å²) < 4.78 is 2.40. The predicted molar refractivity (Wildman–Crippen MR) is 96.6 cm³/mol. The van der Waals surface area contributed by atoms with Gasteiger partial charge in [-0.2, -0.15) is 0 Å². The molecule has 1 heterocycles. The number of fused-ring (bicyclic) bond motifs is 3. The molecule has 2 nitrogen and oxygen atoms in total. The van der Waals surface area contributed by atoms with Gasteiger partial charge in [-0.1, -0.05) is 48.5 Å². The fourth-order valence-corrected chi connectivity index (χ4v) is 4.12. The highest BCUT2D eigenvalue weighted by Crippen LogP contribution is 2.37. The van der Waals surface area contributed by atoms with Gasteiger partial charge in [-0.05, 0) is 43.4 Å². The Bertz CT molecular complexity index is 816. The van der Waals surface area contributed by atoms with E-state index >= 15 is 0 Å². The molecule has 0 bridgehead atoms. The maximum absolute atomic E-state index is 3.87. The van der Waals surface area contributed by atoms with Gasteiger partial charge in [-0.25, -0.2) is 0 Å². The first-order valence-electron chi connectivity index (χ1n) is 8.63. The summed E-state index contributed by atoms with van der Waals surface area (Å²) in [6, 6.07) is 20.4. The lowest BCUT2D eigenvalue weighted by Gasteiger charge is -2.29. The number of hydrogen-bond acceptors (Lipinski definition) is 1. The van der Waals surface area contributed by atoms with Crippen molar-refractivity contribution < 1.29 is 0 Å². The van der Waals surface area contributed by atoms with E-state index in [-0.39, 0.29) is 0 Å². The molecule has 3 aromatic rings. The summed E-state index contributed by atoms with van der Waals surface area (Å²) in [4.78, 5) is 0. The van der Waals surface area contributed by atoms with E-state index in [1.807, 2.05) is 0 Å². The average Bonchev–Trinajstić information content (AvgIpc) is 2.90. The first kappa shape index (κ1) is 14.5. The van der Waals surface area contributed by atoms with Crippen molar-refractivity contribution >= 4 is 10.9 Å². The first-order chi connectivity index (χ1) is 11.3. The monoisotopic (exact) mass is 304 g/mol. The predicted octanol–water partition coefficient (Wildman–Crippen LogP) is 4.91. The molecule has 1 aromatic heterocycles. The van der Waals surface area contributed by atoms with Crippen molar-refractivity contribution in [3.05, 3.63) is 71.4 Å². The normalized spacial score (nSPS) is 18.8. The van der Waals surface area contributed by atoms with Crippen molar-refractivity contribution in [1.82, 2.24) is 9.88 Å². The van der Waals surface area contributed by atoms with Crippen LogP contribution in [0.3, 0.4) is 0 Å². The Hall–Kier alpha value is -2.06. The zero-order chi connectivity index (χ0) is 15.8. The summed E-state index contributed by atoms with van der Waals surface area (Å²) in [7, 11) is 2.22. The van der Waals surface area contributed by atoms with Gasteiger partial charge in [0.15, 0.2) is 0 Å². The number of rotatable bonds is 3. The van der Waals surface area contributed by atoms with Crippen LogP contribution >= 0.6 is 0 Å². The molecule has 1 aliphatic carbocycles. The van der Waals surface area contributed by atoms with E-state index in [0.29, 0.717) is 12.1 Å². The summed E-state index contributed by atoms with van der Waals surface area (Å²) in [5, 5.41) is 5.31. The van der Waals surface area contributed by atoms with E-state index in [4.69, 9.17) is 0 Å². The molecule has 0 unspecified atom stereocenters. The van der Waals surface area contributed by atoms with Crippen LogP contribution in [0, 0.1) is 0 Å². The number of benzene rings is 2. The van der Waals surface area contributed by atoms with Crippen LogP contribution in [0.4, 0.5) is 0 Å². The van der Waals surface area contributed by atoms with Crippen molar-refractivity contribution in [3.63, 3.8) is 0 Å². The van der Waals surface area contributed by atoms with Gasteiger partial charge in [0.2, 0.25) is 0 Å². The highest BCUT2D eigenvalue weighted by atomic mass is 15.0. The molecule has 2 heteroatoms. The standard InChI is InChI=1S/C21H24N2/c1-15(16-9-4-3-5-10-16)22-19-13-8-12-18-17-11-6-7-14-20(17)23(2)21(18)19/h3-7,9-11,14-15,19,22H,8,12-13H2,1-2H3/t15-,19-/m1/s1. The maximum atomic E-state index is 3.87.